The van der Waals surface area contributed by atoms with Crippen LogP contribution in [0, 0.1) is 0 Å². The van der Waals surface area contributed by atoms with Gasteiger partial charge in [0.15, 0.2) is 0 Å². The van der Waals surface area contributed by atoms with E-state index in [0.717, 1.165) is 35.3 Å². The smallest absolute Gasteiger partial charge is 0.134 e. The molecule has 0 amide bonds. The Morgan fingerprint density at radius 2 is 2.20 bits per heavy atom. The molecule has 0 aliphatic heterocycles. The van der Waals surface area contributed by atoms with Crippen molar-refractivity contribution in [3.63, 3.8) is 0 Å². The summed E-state index contributed by atoms with van der Waals surface area (Å²) in [5.74, 6) is 1.75. The van der Waals surface area contributed by atoms with Gasteiger partial charge in [0.25, 0.3) is 0 Å². The fraction of sp³-hybridized carbons (Fsp3) is 0.455. The predicted molar refractivity (Wildman–Crippen MR) is 64.6 cm³/mol. The van der Waals surface area contributed by atoms with Gasteiger partial charge in [-0.05, 0) is 19.1 Å². The summed E-state index contributed by atoms with van der Waals surface area (Å²) >= 11 is 1.71. The number of nitrogens with two attached hydrogens (primary N) is 1. The molecule has 0 atom stereocenters. The first kappa shape index (κ1) is 12.2. The van der Waals surface area contributed by atoms with Crippen molar-refractivity contribution in [3.05, 3.63) is 18.2 Å². The number of rotatable bonds is 6. The Balaban J connectivity index is 2.52. The molecule has 0 aliphatic carbocycles. The minimum Gasteiger partial charge on any atom is -0.496 e. The zero-order valence-electron chi connectivity index (χ0n) is 9.16. The van der Waals surface area contributed by atoms with Crippen molar-refractivity contribution in [2.24, 2.45) is 0 Å². The van der Waals surface area contributed by atoms with E-state index in [1.165, 1.54) is 0 Å². The van der Waals surface area contributed by atoms with Gasteiger partial charge >= 0.3 is 0 Å². The summed E-state index contributed by atoms with van der Waals surface area (Å²) in [5.41, 5.74) is 6.39. The van der Waals surface area contributed by atoms with E-state index in [1.54, 1.807) is 18.9 Å². The Morgan fingerprint density at radius 1 is 1.40 bits per heavy atom. The van der Waals surface area contributed by atoms with E-state index in [1.807, 2.05) is 25.1 Å². The summed E-state index contributed by atoms with van der Waals surface area (Å²) in [7, 11) is 1.65. The number of benzene rings is 1. The molecule has 0 heterocycles. The lowest BCUT2D eigenvalue weighted by Gasteiger charge is -2.08. The molecule has 84 valence electrons. The Bertz CT molecular complexity index is 305. The van der Waals surface area contributed by atoms with Crippen LogP contribution in [0.1, 0.15) is 6.92 Å². The average molecular weight is 227 g/mol. The first-order valence-electron chi connectivity index (χ1n) is 4.92. The number of anilines is 1. The van der Waals surface area contributed by atoms with E-state index in [9.17, 15) is 0 Å². The van der Waals surface area contributed by atoms with Crippen LogP contribution in [-0.4, -0.2) is 26.1 Å². The highest BCUT2D eigenvalue weighted by Crippen LogP contribution is 2.30. The van der Waals surface area contributed by atoms with Crippen molar-refractivity contribution in [2.75, 3.05) is 31.8 Å². The zero-order chi connectivity index (χ0) is 11.1. The highest BCUT2D eigenvalue weighted by molar-refractivity contribution is 7.99. The molecule has 0 bridgehead atoms. The van der Waals surface area contributed by atoms with Gasteiger partial charge in [-0.15, -0.1) is 11.8 Å². The standard InChI is InChI=1S/C11H17NO2S/c1-3-14-6-7-15-11-5-4-9(12)8-10(11)13-2/h4-5,8H,3,6-7,12H2,1-2H3. The summed E-state index contributed by atoms with van der Waals surface area (Å²) < 4.78 is 10.5. The fourth-order valence-corrected chi connectivity index (χ4v) is 2.03. The van der Waals surface area contributed by atoms with Gasteiger partial charge in [-0.25, -0.2) is 0 Å². The third-order valence-electron chi connectivity index (χ3n) is 1.88. The van der Waals surface area contributed by atoms with E-state index in [0.29, 0.717) is 0 Å². The molecule has 0 fully saturated rings. The topological polar surface area (TPSA) is 44.5 Å². The van der Waals surface area contributed by atoms with Crippen LogP contribution in [0.3, 0.4) is 0 Å². The molecule has 0 saturated carbocycles. The quantitative estimate of drug-likeness (QED) is 0.460. The second-order valence-corrected chi connectivity index (χ2v) is 4.09. The van der Waals surface area contributed by atoms with Gasteiger partial charge in [0.2, 0.25) is 0 Å². The van der Waals surface area contributed by atoms with E-state index in [2.05, 4.69) is 0 Å². The lowest BCUT2D eigenvalue weighted by atomic mass is 10.3. The van der Waals surface area contributed by atoms with Crippen LogP contribution in [0.4, 0.5) is 5.69 Å². The first-order valence-corrected chi connectivity index (χ1v) is 5.90. The molecule has 0 unspecified atom stereocenters. The molecular formula is C11H17NO2S. The van der Waals surface area contributed by atoms with Crippen LogP contribution < -0.4 is 10.5 Å². The van der Waals surface area contributed by atoms with Gasteiger partial charge in [-0.1, -0.05) is 0 Å². The monoisotopic (exact) mass is 227 g/mol. The van der Waals surface area contributed by atoms with Gasteiger partial charge < -0.3 is 15.2 Å². The summed E-state index contributed by atoms with van der Waals surface area (Å²) in [6.45, 7) is 3.52. The second kappa shape index (κ2) is 6.58. The lowest BCUT2D eigenvalue weighted by Crippen LogP contribution is -1.97. The van der Waals surface area contributed by atoms with Gasteiger partial charge in [0, 0.05) is 29.0 Å². The Hall–Kier alpha value is -0.870. The van der Waals surface area contributed by atoms with Crippen LogP contribution in [0.2, 0.25) is 0 Å². The van der Waals surface area contributed by atoms with E-state index >= 15 is 0 Å². The van der Waals surface area contributed by atoms with Gasteiger partial charge in [0.05, 0.1) is 13.7 Å². The summed E-state index contributed by atoms with van der Waals surface area (Å²) in [6, 6.07) is 5.69. The van der Waals surface area contributed by atoms with Crippen LogP contribution in [0.15, 0.2) is 23.1 Å². The predicted octanol–water partition coefficient (Wildman–Crippen LogP) is 2.41. The van der Waals surface area contributed by atoms with Gasteiger partial charge in [-0.2, -0.15) is 0 Å². The molecule has 1 aromatic carbocycles. The first-order chi connectivity index (χ1) is 7.27. The average Bonchev–Trinajstić information content (AvgIpc) is 2.26. The second-order valence-electron chi connectivity index (χ2n) is 2.96. The van der Waals surface area contributed by atoms with Crippen molar-refractivity contribution in [1.82, 2.24) is 0 Å². The molecule has 0 spiro atoms. The third kappa shape index (κ3) is 4.01. The summed E-state index contributed by atoms with van der Waals surface area (Å²) in [4.78, 5) is 1.10. The number of thioether (sulfide) groups is 1. The van der Waals surface area contributed by atoms with E-state index < -0.39 is 0 Å². The molecule has 3 nitrogen and oxygen atoms in total. The molecule has 0 aliphatic rings. The third-order valence-corrected chi connectivity index (χ3v) is 2.90. The lowest BCUT2D eigenvalue weighted by molar-refractivity contribution is 0.164. The largest absolute Gasteiger partial charge is 0.496 e. The molecule has 0 saturated heterocycles. The molecule has 2 N–H and O–H groups in total. The minimum absolute atomic E-state index is 0.723. The molecule has 15 heavy (non-hydrogen) atoms. The van der Waals surface area contributed by atoms with Crippen molar-refractivity contribution in [3.8, 4) is 5.75 Å². The number of hydrogen-bond acceptors (Lipinski definition) is 4. The Labute approximate surface area is 94.9 Å². The normalized spacial score (nSPS) is 10.3. The van der Waals surface area contributed by atoms with Gasteiger partial charge in [0.1, 0.15) is 5.75 Å². The number of nitrogen functional groups attached to an aromatic ring is 1. The van der Waals surface area contributed by atoms with Crippen molar-refractivity contribution < 1.29 is 9.47 Å². The van der Waals surface area contributed by atoms with Crippen LogP contribution in [-0.2, 0) is 4.74 Å². The minimum atomic E-state index is 0.723. The van der Waals surface area contributed by atoms with Crippen LogP contribution in [0.5, 0.6) is 5.75 Å². The number of methoxy groups -OCH3 is 1. The highest BCUT2D eigenvalue weighted by Gasteiger charge is 2.03. The molecule has 0 aromatic heterocycles. The molecule has 1 aromatic rings. The molecular weight excluding hydrogens is 210 g/mol. The Morgan fingerprint density at radius 3 is 2.87 bits per heavy atom. The maximum Gasteiger partial charge on any atom is 0.134 e. The van der Waals surface area contributed by atoms with Crippen LogP contribution in [0.25, 0.3) is 0 Å². The molecule has 0 radical (unpaired) electrons. The summed E-state index contributed by atoms with van der Waals surface area (Å²) in [5, 5.41) is 0. The maximum atomic E-state index is 5.67. The number of ether oxygens (including phenoxy) is 2. The summed E-state index contributed by atoms with van der Waals surface area (Å²) in [6.07, 6.45) is 0. The molecule has 4 heteroatoms. The van der Waals surface area contributed by atoms with Crippen molar-refractivity contribution in [1.29, 1.82) is 0 Å². The SMILES string of the molecule is CCOCCSc1ccc(N)cc1OC. The highest BCUT2D eigenvalue weighted by atomic mass is 32.2. The van der Waals surface area contributed by atoms with E-state index in [-0.39, 0.29) is 0 Å². The number of hydrogen-bond donors (Lipinski definition) is 1. The van der Waals surface area contributed by atoms with Gasteiger partial charge in [-0.3, -0.25) is 0 Å². The molecule has 1 rings (SSSR count). The van der Waals surface area contributed by atoms with Crippen molar-refractivity contribution >= 4 is 17.4 Å². The van der Waals surface area contributed by atoms with Crippen LogP contribution >= 0.6 is 11.8 Å². The fourth-order valence-electron chi connectivity index (χ4n) is 1.16. The van der Waals surface area contributed by atoms with E-state index in [4.69, 9.17) is 15.2 Å². The van der Waals surface area contributed by atoms with Crippen molar-refractivity contribution in [2.45, 2.75) is 11.8 Å². The Kier molecular flexibility index (Phi) is 5.36. The maximum absolute atomic E-state index is 5.67. The zero-order valence-corrected chi connectivity index (χ0v) is 9.97.